The highest BCUT2D eigenvalue weighted by Crippen LogP contribution is 2.46. The molecule has 1 heterocycles. The van der Waals surface area contributed by atoms with Gasteiger partial charge in [0.1, 0.15) is 6.10 Å². The number of carbonyl (C=O) groups excluding carboxylic acids is 2. The van der Waals surface area contributed by atoms with E-state index in [-0.39, 0.29) is 17.6 Å². The molecular formula is C23H36O6. The van der Waals surface area contributed by atoms with Crippen LogP contribution in [0.15, 0.2) is 23.8 Å². The molecule has 29 heavy (non-hydrogen) atoms. The Morgan fingerprint density at radius 3 is 2.59 bits per heavy atom. The first kappa shape index (κ1) is 23.6. The van der Waals surface area contributed by atoms with E-state index in [0.717, 1.165) is 19.3 Å². The molecule has 6 heteroatoms. The molecule has 1 aliphatic heterocycles. The molecular weight excluding hydrogens is 372 g/mol. The Morgan fingerprint density at radius 2 is 1.97 bits per heavy atom. The van der Waals surface area contributed by atoms with E-state index in [9.17, 15) is 14.7 Å². The molecule has 0 spiro atoms. The molecule has 1 N–H and O–H groups in total. The van der Waals surface area contributed by atoms with Crippen molar-refractivity contribution >= 4 is 11.9 Å². The van der Waals surface area contributed by atoms with Crippen LogP contribution in [0.25, 0.3) is 0 Å². The molecule has 1 fully saturated rings. The van der Waals surface area contributed by atoms with Crippen LogP contribution in [-0.2, 0) is 23.8 Å². The highest BCUT2D eigenvalue weighted by atomic mass is 16.6. The lowest BCUT2D eigenvalue weighted by Crippen LogP contribution is -2.42. The normalized spacial score (nSPS) is 36.1. The highest BCUT2D eigenvalue weighted by molar-refractivity contribution is 5.88. The Labute approximate surface area is 174 Å². The molecule has 0 aromatic heterocycles. The van der Waals surface area contributed by atoms with Gasteiger partial charge in [-0.2, -0.15) is 0 Å². The molecule has 0 aromatic carbocycles. The van der Waals surface area contributed by atoms with Crippen molar-refractivity contribution in [1.29, 1.82) is 0 Å². The van der Waals surface area contributed by atoms with Crippen molar-refractivity contribution in [2.45, 2.75) is 96.1 Å². The number of hydrogen-bond acceptors (Lipinski definition) is 6. The molecule has 1 saturated heterocycles. The smallest absolute Gasteiger partial charge is 0.333 e. The highest BCUT2D eigenvalue weighted by Gasteiger charge is 2.52. The molecule has 0 aromatic rings. The summed E-state index contributed by atoms with van der Waals surface area (Å²) in [6.07, 6.45) is 6.30. The monoisotopic (exact) mass is 408 g/mol. The van der Waals surface area contributed by atoms with Gasteiger partial charge in [0, 0.05) is 12.5 Å². The quantitative estimate of drug-likeness (QED) is 0.330. The number of ether oxygens (including phenoxy) is 3. The van der Waals surface area contributed by atoms with Crippen molar-refractivity contribution in [3.05, 3.63) is 23.8 Å². The third kappa shape index (κ3) is 6.41. The van der Waals surface area contributed by atoms with E-state index < -0.39 is 23.6 Å². The fourth-order valence-corrected chi connectivity index (χ4v) is 4.19. The zero-order valence-electron chi connectivity index (χ0n) is 18.5. The molecule has 2 aliphatic rings. The molecule has 0 amide bonds. The molecule has 2 rings (SSSR count). The predicted octanol–water partition coefficient (Wildman–Crippen LogP) is 3.86. The fraction of sp³-hybridized carbons (Fsp3) is 0.739. The summed E-state index contributed by atoms with van der Waals surface area (Å²) in [5.41, 5.74) is 0.220. The van der Waals surface area contributed by atoms with E-state index in [1.165, 1.54) is 19.6 Å². The number of esters is 2. The van der Waals surface area contributed by atoms with Crippen molar-refractivity contribution in [1.82, 2.24) is 0 Å². The van der Waals surface area contributed by atoms with Gasteiger partial charge in [-0.25, -0.2) is 4.79 Å². The van der Waals surface area contributed by atoms with E-state index in [4.69, 9.17) is 14.2 Å². The van der Waals surface area contributed by atoms with Crippen LogP contribution >= 0.6 is 0 Å². The largest absolute Gasteiger partial charge is 0.466 e. The van der Waals surface area contributed by atoms with Crippen molar-refractivity contribution < 1.29 is 28.9 Å². The van der Waals surface area contributed by atoms with E-state index in [2.05, 4.69) is 26.5 Å². The van der Waals surface area contributed by atoms with Gasteiger partial charge in [-0.1, -0.05) is 18.2 Å². The predicted molar refractivity (Wildman–Crippen MR) is 110 cm³/mol. The van der Waals surface area contributed by atoms with Gasteiger partial charge in [-0.15, -0.1) is 0 Å². The van der Waals surface area contributed by atoms with Crippen molar-refractivity contribution in [2.24, 2.45) is 5.92 Å². The lowest BCUT2D eigenvalue weighted by atomic mass is 9.81. The second-order valence-corrected chi connectivity index (χ2v) is 8.99. The maximum absolute atomic E-state index is 12.1. The molecule has 164 valence electrons. The average Bonchev–Trinajstić information content (AvgIpc) is 3.28. The Morgan fingerprint density at radius 1 is 1.28 bits per heavy atom. The van der Waals surface area contributed by atoms with Crippen molar-refractivity contribution in [3.8, 4) is 0 Å². The van der Waals surface area contributed by atoms with Crippen LogP contribution in [0.4, 0.5) is 0 Å². The standard InChI is InChI=1S/C23H36O6/c1-15-8-7-12-23(5)20(29-23)14-18(16(2)21(25)27-6)11-13-22(4,26)19(10-9-15)28-17(3)24/h8,18-20,26H,2,7,9-14H2,1,3-6H3/t18-,19+,20-,22-,23+/m1/s1. The zero-order chi connectivity index (χ0) is 21.8. The Kier molecular flexibility index (Phi) is 7.68. The number of rotatable bonds is 3. The summed E-state index contributed by atoms with van der Waals surface area (Å²) in [5.74, 6) is -1.01. The minimum absolute atomic E-state index is 0.0553. The third-order valence-electron chi connectivity index (χ3n) is 6.41. The number of carbonyl (C=O) groups is 2. The van der Waals surface area contributed by atoms with Gasteiger partial charge in [-0.05, 0) is 71.6 Å². The number of methoxy groups -OCH3 is 1. The minimum atomic E-state index is -1.21. The first-order valence-electron chi connectivity index (χ1n) is 10.5. The molecule has 0 radical (unpaired) electrons. The van der Waals surface area contributed by atoms with Gasteiger partial charge in [0.05, 0.1) is 24.4 Å². The minimum Gasteiger partial charge on any atom is -0.466 e. The van der Waals surface area contributed by atoms with Crippen molar-refractivity contribution in [2.75, 3.05) is 7.11 Å². The average molecular weight is 409 g/mol. The van der Waals surface area contributed by atoms with Gasteiger partial charge < -0.3 is 19.3 Å². The molecule has 0 bridgehead atoms. The van der Waals surface area contributed by atoms with E-state index in [0.29, 0.717) is 31.3 Å². The number of allylic oxidation sites excluding steroid dienone is 2. The number of fused-ring (bicyclic) bond motifs is 1. The topological polar surface area (TPSA) is 85.4 Å². The summed E-state index contributed by atoms with van der Waals surface area (Å²) in [4.78, 5) is 23.7. The lowest BCUT2D eigenvalue weighted by molar-refractivity contribution is -0.163. The first-order valence-corrected chi connectivity index (χ1v) is 10.5. The van der Waals surface area contributed by atoms with Crippen LogP contribution in [0.1, 0.15) is 72.6 Å². The van der Waals surface area contributed by atoms with Crippen LogP contribution in [0, 0.1) is 5.92 Å². The lowest BCUT2D eigenvalue weighted by Gasteiger charge is -2.34. The van der Waals surface area contributed by atoms with Crippen LogP contribution in [0.5, 0.6) is 0 Å². The number of aliphatic hydroxyl groups is 1. The van der Waals surface area contributed by atoms with Gasteiger partial charge >= 0.3 is 11.9 Å². The summed E-state index contributed by atoms with van der Waals surface area (Å²) in [6.45, 7) is 11.2. The van der Waals surface area contributed by atoms with Gasteiger partial charge in [0.25, 0.3) is 0 Å². The fourth-order valence-electron chi connectivity index (χ4n) is 4.19. The third-order valence-corrected chi connectivity index (χ3v) is 6.41. The van der Waals surface area contributed by atoms with E-state index in [1.807, 2.05) is 0 Å². The SMILES string of the molecule is C=C(C(=O)OC)[C@@H]1CC[C@@](C)(O)[C@@H](OC(C)=O)CCC(C)=CCC[C@]2(C)O[C@@H]2C1. The maximum atomic E-state index is 12.1. The summed E-state index contributed by atoms with van der Waals surface area (Å²) in [5, 5.41) is 11.1. The second-order valence-electron chi connectivity index (χ2n) is 8.99. The maximum Gasteiger partial charge on any atom is 0.333 e. The molecule has 6 nitrogen and oxygen atoms in total. The number of hydrogen-bond donors (Lipinski definition) is 1. The zero-order valence-corrected chi connectivity index (χ0v) is 18.5. The van der Waals surface area contributed by atoms with E-state index in [1.54, 1.807) is 6.92 Å². The Bertz CT molecular complexity index is 664. The first-order chi connectivity index (χ1) is 13.5. The summed E-state index contributed by atoms with van der Waals surface area (Å²) in [7, 11) is 1.34. The Balaban J connectivity index is 2.25. The summed E-state index contributed by atoms with van der Waals surface area (Å²) in [6, 6.07) is 0. The Hall–Kier alpha value is -1.66. The molecule has 5 atom stereocenters. The second kappa shape index (κ2) is 9.43. The van der Waals surface area contributed by atoms with Gasteiger partial charge in [-0.3, -0.25) is 4.79 Å². The van der Waals surface area contributed by atoms with Crippen LogP contribution in [0.2, 0.25) is 0 Å². The molecule has 1 aliphatic carbocycles. The van der Waals surface area contributed by atoms with Crippen LogP contribution in [-0.4, -0.2) is 47.6 Å². The van der Waals surface area contributed by atoms with Crippen LogP contribution in [0.3, 0.4) is 0 Å². The summed E-state index contributed by atoms with van der Waals surface area (Å²) < 4.78 is 16.3. The van der Waals surface area contributed by atoms with Gasteiger partial charge in [0.2, 0.25) is 0 Å². The van der Waals surface area contributed by atoms with E-state index >= 15 is 0 Å². The summed E-state index contributed by atoms with van der Waals surface area (Å²) >= 11 is 0. The van der Waals surface area contributed by atoms with Gasteiger partial charge in [0.15, 0.2) is 0 Å². The van der Waals surface area contributed by atoms with Crippen LogP contribution < -0.4 is 0 Å². The number of epoxide rings is 1. The molecule has 0 unspecified atom stereocenters. The van der Waals surface area contributed by atoms with Crippen molar-refractivity contribution in [3.63, 3.8) is 0 Å². The molecule has 0 saturated carbocycles.